The number of benzene rings is 1. The predicted molar refractivity (Wildman–Crippen MR) is 78.8 cm³/mol. The molecule has 0 bridgehead atoms. The summed E-state index contributed by atoms with van der Waals surface area (Å²) in [4.78, 5) is 0.577. The molecule has 0 fully saturated rings. The monoisotopic (exact) mass is 434 g/mol. The van der Waals surface area contributed by atoms with E-state index in [1.165, 1.54) is 23.5 Å². The summed E-state index contributed by atoms with van der Waals surface area (Å²) in [5.74, 6) is -1.38. The maximum atomic E-state index is 13.8. The van der Waals surface area contributed by atoms with Gasteiger partial charge >= 0.3 is 0 Å². The lowest BCUT2D eigenvalue weighted by molar-refractivity contribution is 0.558. The summed E-state index contributed by atoms with van der Waals surface area (Å²) in [5.41, 5.74) is -0.176. The Labute approximate surface area is 133 Å². The highest BCUT2D eigenvalue weighted by Crippen LogP contribution is 2.42. The van der Waals surface area contributed by atoms with Crippen LogP contribution in [0.5, 0.6) is 0 Å². The van der Waals surface area contributed by atoms with E-state index in [1.54, 1.807) is 6.07 Å². The lowest BCUT2D eigenvalue weighted by Gasteiger charge is -2.10. The first kappa shape index (κ1) is 14.7. The van der Waals surface area contributed by atoms with Gasteiger partial charge in [0.25, 0.3) is 0 Å². The van der Waals surface area contributed by atoms with Gasteiger partial charge in [0, 0.05) is 19.4 Å². The summed E-state index contributed by atoms with van der Waals surface area (Å²) in [7, 11) is 0. The molecule has 1 heterocycles. The molecule has 7 heteroatoms. The van der Waals surface area contributed by atoms with Crippen molar-refractivity contribution < 1.29 is 8.78 Å². The fraction of sp³-hybridized carbons (Fsp3) is 0.0909. The second kappa shape index (κ2) is 5.75. The Kier molecular flexibility index (Phi) is 4.70. The number of rotatable bonds is 2. The van der Waals surface area contributed by atoms with Crippen LogP contribution in [0.1, 0.15) is 15.8 Å². The van der Waals surface area contributed by atoms with Crippen molar-refractivity contribution in [3.8, 4) is 0 Å². The first-order valence-electron chi connectivity index (χ1n) is 4.63. The van der Waals surface area contributed by atoms with Crippen LogP contribution in [0.25, 0.3) is 0 Å². The zero-order valence-corrected chi connectivity index (χ0v) is 14.0. The minimum Gasteiger partial charge on any atom is -0.206 e. The summed E-state index contributed by atoms with van der Waals surface area (Å²) >= 11 is 19.4. The molecule has 2 rings (SSSR count). The molecule has 2 aromatic rings. The molecule has 0 aliphatic rings. The van der Waals surface area contributed by atoms with Crippen LogP contribution in [0.2, 0.25) is 4.34 Å². The molecule has 0 spiro atoms. The average Bonchev–Trinajstić information content (AvgIpc) is 2.57. The van der Waals surface area contributed by atoms with E-state index in [1.807, 2.05) is 0 Å². The van der Waals surface area contributed by atoms with E-state index in [-0.39, 0.29) is 5.56 Å². The molecule has 1 aromatic heterocycles. The van der Waals surface area contributed by atoms with Crippen molar-refractivity contribution in [2.45, 2.75) is 5.38 Å². The van der Waals surface area contributed by atoms with E-state index in [0.717, 1.165) is 0 Å². The van der Waals surface area contributed by atoms with Crippen LogP contribution in [-0.2, 0) is 0 Å². The third kappa shape index (κ3) is 2.90. The van der Waals surface area contributed by atoms with E-state index >= 15 is 0 Å². The Balaban J connectivity index is 2.49. The fourth-order valence-corrected chi connectivity index (χ4v) is 3.96. The number of alkyl halides is 1. The van der Waals surface area contributed by atoms with Crippen molar-refractivity contribution in [2.75, 3.05) is 0 Å². The quantitative estimate of drug-likeness (QED) is 0.469. The Morgan fingerprint density at radius 3 is 2.11 bits per heavy atom. The normalized spacial score (nSPS) is 12.8. The number of hydrogen-bond donors (Lipinski definition) is 0. The van der Waals surface area contributed by atoms with Crippen molar-refractivity contribution in [3.05, 3.63) is 53.6 Å². The lowest BCUT2D eigenvalue weighted by atomic mass is 10.1. The summed E-state index contributed by atoms with van der Waals surface area (Å²) < 4.78 is 29.0. The van der Waals surface area contributed by atoms with Crippen LogP contribution < -0.4 is 0 Å². The first-order chi connectivity index (χ1) is 8.40. The molecule has 0 saturated carbocycles. The molecule has 1 atom stereocenters. The van der Waals surface area contributed by atoms with Gasteiger partial charge in [0.15, 0.2) is 0 Å². The van der Waals surface area contributed by atoms with E-state index in [9.17, 15) is 8.78 Å². The van der Waals surface area contributed by atoms with Crippen molar-refractivity contribution >= 4 is 66.4 Å². The standard InChI is InChI=1S/C11H4Br2Cl2F2S/c12-4-1-6(16)9(7(17)2-4)10(14)8-3-5(13)11(15)18-8/h1-3,10H. The number of thiophene rings is 1. The smallest absolute Gasteiger partial charge is 0.132 e. The van der Waals surface area contributed by atoms with Gasteiger partial charge in [-0.1, -0.05) is 27.5 Å². The molecule has 0 amide bonds. The third-order valence-corrected chi connectivity index (χ3v) is 5.79. The number of halogens is 6. The average molecular weight is 437 g/mol. The molecule has 0 nitrogen and oxygen atoms in total. The second-order valence-corrected chi connectivity index (χ2v) is 7.31. The Morgan fingerprint density at radius 2 is 1.67 bits per heavy atom. The van der Waals surface area contributed by atoms with Gasteiger partial charge in [-0.25, -0.2) is 8.78 Å². The molecular weight excluding hydrogens is 433 g/mol. The van der Waals surface area contributed by atoms with Gasteiger partial charge in [0.2, 0.25) is 0 Å². The summed E-state index contributed by atoms with van der Waals surface area (Å²) in [5, 5.41) is -0.910. The summed E-state index contributed by atoms with van der Waals surface area (Å²) in [6, 6.07) is 4.02. The molecule has 0 aliphatic heterocycles. The number of hydrogen-bond acceptors (Lipinski definition) is 1. The van der Waals surface area contributed by atoms with Crippen LogP contribution in [0.4, 0.5) is 8.78 Å². The van der Waals surface area contributed by atoms with Crippen molar-refractivity contribution in [2.24, 2.45) is 0 Å². The van der Waals surface area contributed by atoms with E-state index < -0.39 is 17.0 Å². The lowest BCUT2D eigenvalue weighted by Crippen LogP contribution is -1.99. The van der Waals surface area contributed by atoms with Gasteiger partial charge in [-0.15, -0.1) is 22.9 Å². The Hall–Kier alpha value is 0.320. The van der Waals surface area contributed by atoms with Gasteiger partial charge in [0.1, 0.15) is 16.0 Å². The van der Waals surface area contributed by atoms with Crippen LogP contribution in [0.15, 0.2) is 27.1 Å². The Bertz CT molecular complexity index is 558. The summed E-state index contributed by atoms with van der Waals surface area (Å²) in [6.45, 7) is 0. The van der Waals surface area contributed by atoms with Gasteiger partial charge in [-0.3, -0.25) is 0 Å². The highest BCUT2D eigenvalue weighted by molar-refractivity contribution is 9.10. The van der Waals surface area contributed by atoms with E-state index in [2.05, 4.69) is 31.9 Å². The molecule has 0 N–H and O–H groups in total. The van der Waals surface area contributed by atoms with E-state index in [4.69, 9.17) is 23.2 Å². The highest BCUT2D eigenvalue weighted by atomic mass is 79.9. The highest BCUT2D eigenvalue weighted by Gasteiger charge is 2.23. The topological polar surface area (TPSA) is 0 Å². The molecular formula is C11H4Br2Cl2F2S. The Morgan fingerprint density at radius 1 is 1.11 bits per heavy atom. The predicted octanol–water partition coefficient (Wildman–Crippen LogP) is 6.53. The van der Waals surface area contributed by atoms with Gasteiger partial charge in [-0.05, 0) is 34.1 Å². The summed E-state index contributed by atoms with van der Waals surface area (Å²) in [6.07, 6.45) is 0. The zero-order chi connectivity index (χ0) is 13.4. The van der Waals surface area contributed by atoms with Crippen molar-refractivity contribution in [1.29, 1.82) is 0 Å². The molecule has 18 heavy (non-hydrogen) atoms. The molecule has 1 unspecified atom stereocenters. The zero-order valence-electron chi connectivity index (χ0n) is 8.49. The van der Waals surface area contributed by atoms with Crippen molar-refractivity contribution in [1.82, 2.24) is 0 Å². The first-order valence-corrected chi connectivity index (χ1v) is 7.85. The molecule has 96 valence electrons. The fourth-order valence-electron chi connectivity index (χ4n) is 1.43. The maximum absolute atomic E-state index is 13.8. The van der Waals surface area contributed by atoms with Gasteiger partial charge in [-0.2, -0.15) is 0 Å². The van der Waals surface area contributed by atoms with Gasteiger partial charge in [0.05, 0.1) is 5.38 Å². The SMILES string of the molecule is Fc1cc(Br)cc(F)c1C(Cl)c1cc(Br)c(Cl)s1. The molecule has 0 aliphatic carbocycles. The molecule has 0 saturated heterocycles. The van der Waals surface area contributed by atoms with Crippen LogP contribution in [0.3, 0.4) is 0 Å². The minimum absolute atomic E-state index is 0.176. The molecule has 0 radical (unpaired) electrons. The van der Waals surface area contributed by atoms with E-state index in [0.29, 0.717) is 18.2 Å². The van der Waals surface area contributed by atoms with Gasteiger partial charge < -0.3 is 0 Å². The van der Waals surface area contributed by atoms with Crippen LogP contribution in [-0.4, -0.2) is 0 Å². The largest absolute Gasteiger partial charge is 0.206 e. The third-order valence-electron chi connectivity index (χ3n) is 2.21. The van der Waals surface area contributed by atoms with Crippen LogP contribution >= 0.6 is 66.4 Å². The molecule has 1 aromatic carbocycles. The minimum atomic E-state index is -0.910. The van der Waals surface area contributed by atoms with Crippen molar-refractivity contribution in [3.63, 3.8) is 0 Å². The van der Waals surface area contributed by atoms with Crippen LogP contribution in [0, 0.1) is 11.6 Å². The maximum Gasteiger partial charge on any atom is 0.132 e. The second-order valence-electron chi connectivity index (χ2n) is 3.42.